The second-order valence-corrected chi connectivity index (χ2v) is 5.00. The Morgan fingerprint density at radius 1 is 1.74 bits per heavy atom. The Kier molecular flexibility index (Phi) is 3.73. The maximum absolute atomic E-state index is 12.3. The molecule has 1 aromatic heterocycles. The van der Waals surface area contributed by atoms with E-state index in [1.165, 1.54) is 0 Å². The molecule has 1 atom stereocenters. The molecule has 0 aliphatic heterocycles. The fraction of sp³-hybridized carbons (Fsp3) is 0.583. The van der Waals surface area contributed by atoms with Crippen LogP contribution in [0, 0.1) is 5.92 Å². The smallest absolute Gasteiger partial charge is 0.293 e. The monoisotopic (exact) mass is 265 g/mol. The maximum Gasteiger partial charge on any atom is 0.293 e. The van der Waals surface area contributed by atoms with Crippen LogP contribution in [0.25, 0.3) is 0 Å². The zero-order valence-electron chi connectivity index (χ0n) is 11.2. The van der Waals surface area contributed by atoms with Crippen LogP contribution in [-0.2, 0) is 0 Å². The van der Waals surface area contributed by atoms with E-state index in [9.17, 15) is 4.79 Å². The summed E-state index contributed by atoms with van der Waals surface area (Å²) in [5.74, 6) is 0.378. The Hall–Kier alpha value is -2.05. The average Bonchev–Trinajstić information content (AvgIpc) is 3.22. The Morgan fingerprint density at radius 2 is 2.42 bits per heavy atom. The predicted molar refractivity (Wildman–Crippen MR) is 72.6 cm³/mol. The molecule has 0 spiro atoms. The van der Waals surface area contributed by atoms with Crippen LogP contribution in [0.1, 0.15) is 25.8 Å². The highest BCUT2D eigenvalue weighted by Gasteiger charge is 2.26. The molecule has 0 saturated heterocycles. The molecule has 1 fully saturated rings. The highest BCUT2D eigenvalue weighted by Crippen LogP contribution is 2.33. The van der Waals surface area contributed by atoms with Crippen LogP contribution in [0.4, 0.5) is 5.82 Å². The predicted octanol–water partition coefficient (Wildman–Crippen LogP) is 0.397. The van der Waals surface area contributed by atoms with Crippen LogP contribution in [0.15, 0.2) is 22.3 Å². The molecule has 0 amide bonds. The standard InChI is InChI=1S/C12H19N5O2/c1-8(10(13)15-19)7-16(2)11-12(18)17(6-5-14-11)9-3-4-9/h5-6,8-9,19H,3-4,7H2,1-2H3,(H2,13,15). The molecular weight excluding hydrogens is 246 g/mol. The molecule has 1 unspecified atom stereocenters. The van der Waals surface area contributed by atoms with E-state index in [2.05, 4.69) is 10.1 Å². The van der Waals surface area contributed by atoms with Crippen LogP contribution in [0.2, 0.25) is 0 Å². The van der Waals surface area contributed by atoms with Gasteiger partial charge in [-0.15, -0.1) is 0 Å². The van der Waals surface area contributed by atoms with Gasteiger partial charge in [0.25, 0.3) is 5.56 Å². The summed E-state index contributed by atoms with van der Waals surface area (Å²) in [4.78, 5) is 18.1. The zero-order chi connectivity index (χ0) is 14.0. The second kappa shape index (κ2) is 5.29. The van der Waals surface area contributed by atoms with Gasteiger partial charge in [0.2, 0.25) is 0 Å². The summed E-state index contributed by atoms with van der Waals surface area (Å²) in [6, 6.07) is 0.323. The quantitative estimate of drug-likeness (QED) is 0.347. The van der Waals surface area contributed by atoms with Crippen LogP contribution < -0.4 is 16.2 Å². The third-order valence-electron chi connectivity index (χ3n) is 3.32. The lowest BCUT2D eigenvalue weighted by atomic mass is 10.1. The third kappa shape index (κ3) is 2.86. The summed E-state index contributed by atoms with van der Waals surface area (Å²) in [6.07, 6.45) is 5.46. The first-order valence-corrected chi connectivity index (χ1v) is 6.30. The lowest BCUT2D eigenvalue weighted by Gasteiger charge is -2.21. The fourth-order valence-corrected chi connectivity index (χ4v) is 2.01. The Morgan fingerprint density at radius 3 is 3.00 bits per heavy atom. The van der Waals surface area contributed by atoms with Crippen molar-refractivity contribution in [3.8, 4) is 0 Å². The number of anilines is 1. The minimum Gasteiger partial charge on any atom is -0.409 e. The molecule has 1 aliphatic rings. The van der Waals surface area contributed by atoms with Gasteiger partial charge >= 0.3 is 0 Å². The van der Waals surface area contributed by atoms with Gasteiger partial charge in [-0.2, -0.15) is 0 Å². The summed E-state index contributed by atoms with van der Waals surface area (Å²) < 4.78 is 1.73. The van der Waals surface area contributed by atoms with Crippen molar-refractivity contribution < 1.29 is 5.21 Å². The van der Waals surface area contributed by atoms with E-state index in [1.54, 1.807) is 28.9 Å². The number of amidine groups is 1. The van der Waals surface area contributed by atoms with Crippen molar-refractivity contribution >= 4 is 11.7 Å². The maximum atomic E-state index is 12.3. The van der Waals surface area contributed by atoms with Gasteiger partial charge in [0.1, 0.15) is 5.84 Å². The van der Waals surface area contributed by atoms with Crippen LogP contribution in [0.3, 0.4) is 0 Å². The molecule has 3 N–H and O–H groups in total. The molecular formula is C12H19N5O2. The molecule has 2 rings (SSSR count). The van der Waals surface area contributed by atoms with Gasteiger partial charge in [0.05, 0.1) is 0 Å². The van der Waals surface area contributed by atoms with E-state index in [0.29, 0.717) is 18.4 Å². The molecule has 0 radical (unpaired) electrons. The number of hydrogen-bond donors (Lipinski definition) is 2. The molecule has 1 aromatic rings. The van der Waals surface area contributed by atoms with Crippen molar-refractivity contribution in [2.75, 3.05) is 18.5 Å². The molecule has 7 heteroatoms. The lowest BCUT2D eigenvalue weighted by Crippen LogP contribution is -2.37. The molecule has 1 saturated carbocycles. The summed E-state index contributed by atoms with van der Waals surface area (Å²) in [7, 11) is 1.78. The van der Waals surface area contributed by atoms with Crippen LogP contribution in [-0.4, -0.2) is 34.2 Å². The molecule has 0 bridgehead atoms. The molecule has 104 valence electrons. The van der Waals surface area contributed by atoms with Crippen molar-refractivity contribution in [3.05, 3.63) is 22.7 Å². The first-order chi connectivity index (χ1) is 9.04. The summed E-state index contributed by atoms with van der Waals surface area (Å²) in [6.45, 7) is 2.29. The summed E-state index contributed by atoms with van der Waals surface area (Å²) in [5, 5.41) is 11.6. The van der Waals surface area contributed by atoms with Crippen molar-refractivity contribution in [2.24, 2.45) is 16.8 Å². The number of nitrogens with two attached hydrogens (primary N) is 1. The number of rotatable bonds is 5. The SMILES string of the molecule is CC(CN(C)c1nccn(C2CC2)c1=O)C(N)=NO. The van der Waals surface area contributed by atoms with Crippen molar-refractivity contribution in [3.63, 3.8) is 0 Å². The minimum atomic E-state index is -0.161. The Balaban J connectivity index is 2.17. The van der Waals surface area contributed by atoms with E-state index < -0.39 is 0 Å². The number of aromatic nitrogens is 2. The number of hydrogen-bond acceptors (Lipinski definition) is 5. The van der Waals surface area contributed by atoms with Gasteiger partial charge in [0, 0.05) is 37.9 Å². The summed E-state index contributed by atoms with van der Waals surface area (Å²) >= 11 is 0. The average molecular weight is 265 g/mol. The zero-order valence-corrected chi connectivity index (χ0v) is 11.2. The minimum absolute atomic E-state index is 0.0841. The largest absolute Gasteiger partial charge is 0.409 e. The Bertz CT molecular complexity index is 535. The highest BCUT2D eigenvalue weighted by molar-refractivity contribution is 5.82. The lowest BCUT2D eigenvalue weighted by molar-refractivity contribution is 0.314. The van der Waals surface area contributed by atoms with Crippen molar-refractivity contribution in [1.82, 2.24) is 9.55 Å². The van der Waals surface area contributed by atoms with E-state index in [0.717, 1.165) is 12.8 Å². The van der Waals surface area contributed by atoms with Crippen molar-refractivity contribution in [1.29, 1.82) is 0 Å². The number of nitrogens with zero attached hydrogens (tertiary/aromatic N) is 4. The topological polar surface area (TPSA) is 96.7 Å². The molecule has 19 heavy (non-hydrogen) atoms. The van der Waals surface area contributed by atoms with E-state index >= 15 is 0 Å². The molecule has 0 aromatic carbocycles. The first kappa shape index (κ1) is 13.4. The summed E-state index contributed by atoms with van der Waals surface area (Å²) in [5.41, 5.74) is 5.45. The van der Waals surface area contributed by atoms with Gasteiger partial charge in [-0.1, -0.05) is 12.1 Å². The molecule has 1 heterocycles. The van der Waals surface area contributed by atoms with E-state index in [1.807, 2.05) is 6.92 Å². The Labute approximate surface area is 111 Å². The van der Waals surface area contributed by atoms with E-state index in [-0.39, 0.29) is 17.3 Å². The molecule has 1 aliphatic carbocycles. The first-order valence-electron chi connectivity index (χ1n) is 6.30. The van der Waals surface area contributed by atoms with Crippen LogP contribution >= 0.6 is 0 Å². The molecule has 7 nitrogen and oxygen atoms in total. The normalized spacial score (nSPS) is 17.3. The number of oxime groups is 1. The van der Waals surface area contributed by atoms with Gasteiger partial charge in [-0.25, -0.2) is 4.98 Å². The highest BCUT2D eigenvalue weighted by atomic mass is 16.4. The van der Waals surface area contributed by atoms with Crippen molar-refractivity contribution in [2.45, 2.75) is 25.8 Å². The fourth-order valence-electron chi connectivity index (χ4n) is 2.01. The van der Waals surface area contributed by atoms with E-state index in [4.69, 9.17) is 10.9 Å². The van der Waals surface area contributed by atoms with Gasteiger partial charge in [-0.05, 0) is 12.8 Å². The van der Waals surface area contributed by atoms with Gasteiger partial charge in [0.15, 0.2) is 5.82 Å². The van der Waals surface area contributed by atoms with Gasteiger partial charge in [-0.3, -0.25) is 4.79 Å². The van der Waals surface area contributed by atoms with Gasteiger partial charge < -0.3 is 20.4 Å². The third-order valence-corrected chi connectivity index (χ3v) is 3.32. The van der Waals surface area contributed by atoms with Crippen LogP contribution in [0.5, 0.6) is 0 Å². The second-order valence-electron chi connectivity index (χ2n) is 5.00.